The Labute approximate surface area is 93.8 Å². The summed E-state index contributed by atoms with van der Waals surface area (Å²) < 4.78 is 0. The number of rotatable bonds is 3. The van der Waals surface area contributed by atoms with Gasteiger partial charge in [-0.25, -0.2) is 10.2 Å². The van der Waals surface area contributed by atoms with Gasteiger partial charge < -0.3 is 5.73 Å². The van der Waals surface area contributed by atoms with Gasteiger partial charge >= 0.3 is 6.03 Å². The summed E-state index contributed by atoms with van der Waals surface area (Å²) in [6.07, 6.45) is 5.99. The summed E-state index contributed by atoms with van der Waals surface area (Å²) in [5, 5.41) is 0. The fourth-order valence-electron chi connectivity index (χ4n) is 1.58. The van der Waals surface area contributed by atoms with Crippen LogP contribution < -0.4 is 16.6 Å². The number of benzene rings is 1. The van der Waals surface area contributed by atoms with Crippen LogP contribution in [0.15, 0.2) is 48.6 Å². The van der Waals surface area contributed by atoms with E-state index in [1.165, 1.54) is 0 Å². The molecule has 1 aromatic carbocycles. The number of nitrogens with two attached hydrogens (primary N) is 1. The SMILES string of the molecule is NC(=O)NNC1C=CC(c2ccccc2)=C1. The molecule has 1 unspecified atom stereocenters. The molecule has 0 spiro atoms. The van der Waals surface area contributed by atoms with Crippen LogP contribution in [-0.4, -0.2) is 12.1 Å². The van der Waals surface area contributed by atoms with E-state index in [-0.39, 0.29) is 6.04 Å². The largest absolute Gasteiger partial charge is 0.351 e. The van der Waals surface area contributed by atoms with Gasteiger partial charge in [-0.05, 0) is 11.1 Å². The molecule has 0 aromatic heterocycles. The van der Waals surface area contributed by atoms with Gasteiger partial charge in [-0.2, -0.15) is 0 Å². The molecule has 0 aliphatic heterocycles. The summed E-state index contributed by atoms with van der Waals surface area (Å²) in [6.45, 7) is 0. The normalized spacial score (nSPS) is 18.2. The molecule has 82 valence electrons. The molecule has 0 fully saturated rings. The zero-order valence-electron chi connectivity index (χ0n) is 8.68. The molecule has 1 aliphatic carbocycles. The number of hydrogen-bond acceptors (Lipinski definition) is 2. The Hall–Kier alpha value is -2.07. The molecule has 1 aromatic rings. The third-order valence-corrected chi connectivity index (χ3v) is 2.31. The fourth-order valence-corrected chi connectivity index (χ4v) is 1.58. The topological polar surface area (TPSA) is 67.2 Å². The van der Waals surface area contributed by atoms with E-state index < -0.39 is 6.03 Å². The summed E-state index contributed by atoms with van der Waals surface area (Å²) in [4.78, 5) is 10.5. The number of carbonyl (C=O) groups excluding carboxylic acids is 1. The Bertz CT molecular complexity index is 437. The molecule has 2 amide bonds. The molecular weight excluding hydrogens is 202 g/mol. The van der Waals surface area contributed by atoms with Crippen molar-refractivity contribution in [2.45, 2.75) is 6.04 Å². The number of nitrogens with one attached hydrogen (secondary N) is 2. The van der Waals surface area contributed by atoms with Crippen molar-refractivity contribution in [3.63, 3.8) is 0 Å². The van der Waals surface area contributed by atoms with Crippen molar-refractivity contribution in [3.05, 3.63) is 54.1 Å². The van der Waals surface area contributed by atoms with Crippen molar-refractivity contribution in [1.29, 1.82) is 0 Å². The van der Waals surface area contributed by atoms with E-state index in [1.807, 2.05) is 48.6 Å². The lowest BCUT2D eigenvalue weighted by Gasteiger charge is -2.07. The lowest BCUT2D eigenvalue weighted by atomic mass is 10.1. The molecular formula is C12H13N3O. The minimum atomic E-state index is -0.588. The molecule has 16 heavy (non-hydrogen) atoms. The van der Waals surface area contributed by atoms with Gasteiger partial charge in [0.2, 0.25) is 0 Å². The Balaban J connectivity index is 2.02. The summed E-state index contributed by atoms with van der Waals surface area (Å²) in [5.74, 6) is 0. The quantitative estimate of drug-likeness (QED) is 0.663. The number of urea groups is 1. The highest BCUT2D eigenvalue weighted by Gasteiger charge is 2.10. The predicted octanol–water partition coefficient (Wildman–Crippen LogP) is 1.18. The maximum atomic E-state index is 10.5. The second kappa shape index (κ2) is 4.63. The third-order valence-electron chi connectivity index (χ3n) is 2.31. The van der Waals surface area contributed by atoms with Crippen LogP contribution >= 0.6 is 0 Å². The average molecular weight is 215 g/mol. The predicted molar refractivity (Wildman–Crippen MR) is 63.2 cm³/mol. The monoisotopic (exact) mass is 215 g/mol. The highest BCUT2D eigenvalue weighted by Crippen LogP contribution is 2.20. The molecule has 1 aliphatic rings. The van der Waals surface area contributed by atoms with Crippen LogP contribution in [0.5, 0.6) is 0 Å². The molecule has 4 nitrogen and oxygen atoms in total. The molecule has 2 rings (SSSR count). The Morgan fingerprint density at radius 3 is 2.69 bits per heavy atom. The average Bonchev–Trinajstić information content (AvgIpc) is 2.76. The van der Waals surface area contributed by atoms with Gasteiger partial charge in [0.05, 0.1) is 6.04 Å². The van der Waals surface area contributed by atoms with Crippen LogP contribution in [0.25, 0.3) is 5.57 Å². The maximum Gasteiger partial charge on any atom is 0.326 e. The molecule has 4 N–H and O–H groups in total. The lowest BCUT2D eigenvalue weighted by molar-refractivity contribution is 0.244. The number of amides is 2. The van der Waals surface area contributed by atoms with Crippen LogP contribution in [0.2, 0.25) is 0 Å². The van der Waals surface area contributed by atoms with E-state index >= 15 is 0 Å². The van der Waals surface area contributed by atoms with Crippen LogP contribution in [0.4, 0.5) is 4.79 Å². The molecule has 0 saturated heterocycles. The second-order valence-corrected chi connectivity index (χ2v) is 3.51. The zero-order valence-corrected chi connectivity index (χ0v) is 8.68. The van der Waals surface area contributed by atoms with E-state index in [2.05, 4.69) is 10.9 Å². The smallest absolute Gasteiger partial charge is 0.326 e. The van der Waals surface area contributed by atoms with E-state index in [9.17, 15) is 4.79 Å². The Morgan fingerprint density at radius 1 is 1.25 bits per heavy atom. The van der Waals surface area contributed by atoms with Crippen molar-refractivity contribution in [1.82, 2.24) is 10.9 Å². The van der Waals surface area contributed by atoms with E-state index in [4.69, 9.17) is 5.73 Å². The van der Waals surface area contributed by atoms with E-state index in [1.54, 1.807) is 0 Å². The zero-order chi connectivity index (χ0) is 11.4. The molecule has 0 saturated carbocycles. The van der Waals surface area contributed by atoms with Crippen LogP contribution in [0.1, 0.15) is 5.56 Å². The van der Waals surface area contributed by atoms with Crippen molar-refractivity contribution in [3.8, 4) is 0 Å². The van der Waals surface area contributed by atoms with Gasteiger partial charge in [0.1, 0.15) is 0 Å². The Kier molecular flexibility index (Phi) is 3.03. The van der Waals surface area contributed by atoms with Gasteiger partial charge in [-0.15, -0.1) is 0 Å². The van der Waals surface area contributed by atoms with E-state index in [0.29, 0.717) is 0 Å². The van der Waals surface area contributed by atoms with Gasteiger partial charge in [-0.3, -0.25) is 5.43 Å². The lowest BCUT2D eigenvalue weighted by Crippen LogP contribution is -2.45. The number of allylic oxidation sites excluding steroid dienone is 2. The molecule has 4 heteroatoms. The number of hydrazine groups is 1. The first kappa shape index (κ1) is 10.4. The highest BCUT2D eigenvalue weighted by molar-refractivity contribution is 5.77. The van der Waals surface area contributed by atoms with Crippen molar-refractivity contribution in [2.75, 3.05) is 0 Å². The third kappa shape index (κ3) is 2.49. The first-order chi connectivity index (χ1) is 7.75. The van der Waals surface area contributed by atoms with Crippen LogP contribution in [0.3, 0.4) is 0 Å². The van der Waals surface area contributed by atoms with Crippen LogP contribution in [0, 0.1) is 0 Å². The Morgan fingerprint density at radius 2 is 2.00 bits per heavy atom. The standard InChI is InChI=1S/C12H13N3O/c13-12(16)15-14-11-7-6-10(8-11)9-4-2-1-3-5-9/h1-8,11,14H,(H3,13,15,16). The summed E-state index contributed by atoms with van der Waals surface area (Å²) >= 11 is 0. The van der Waals surface area contributed by atoms with E-state index in [0.717, 1.165) is 11.1 Å². The van der Waals surface area contributed by atoms with Crippen molar-refractivity contribution >= 4 is 11.6 Å². The summed E-state index contributed by atoms with van der Waals surface area (Å²) in [5.41, 5.74) is 12.4. The second-order valence-electron chi connectivity index (χ2n) is 3.51. The van der Waals surface area contributed by atoms with Crippen molar-refractivity contribution in [2.24, 2.45) is 5.73 Å². The first-order valence-electron chi connectivity index (χ1n) is 5.02. The number of hydrogen-bond donors (Lipinski definition) is 3. The van der Waals surface area contributed by atoms with Crippen LogP contribution in [-0.2, 0) is 0 Å². The fraction of sp³-hybridized carbons (Fsp3) is 0.0833. The molecule has 1 atom stereocenters. The van der Waals surface area contributed by atoms with Crippen molar-refractivity contribution < 1.29 is 4.79 Å². The highest BCUT2D eigenvalue weighted by atomic mass is 16.2. The van der Waals surface area contributed by atoms with Gasteiger partial charge in [0.15, 0.2) is 0 Å². The summed E-state index contributed by atoms with van der Waals surface area (Å²) in [6, 6.07) is 9.45. The van der Waals surface area contributed by atoms with Gasteiger partial charge in [0, 0.05) is 0 Å². The minimum Gasteiger partial charge on any atom is -0.351 e. The first-order valence-corrected chi connectivity index (χ1v) is 5.02. The van der Waals surface area contributed by atoms with Gasteiger partial charge in [0.25, 0.3) is 0 Å². The number of primary amides is 1. The molecule has 0 bridgehead atoms. The summed E-state index contributed by atoms with van der Waals surface area (Å²) in [7, 11) is 0. The minimum absolute atomic E-state index is 0.0114. The number of carbonyl (C=O) groups is 1. The molecule has 0 radical (unpaired) electrons. The van der Waals surface area contributed by atoms with Gasteiger partial charge in [-0.1, -0.05) is 48.6 Å². The molecule has 0 heterocycles. The maximum absolute atomic E-state index is 10.5.